The molecule has 3 heteroatoms. The molecule has 2 aliphatic rings. The largest absolute Gasteiger partial charge is 0.376 e. The van der Waals surface area contributed by atoms with Crippen molar-refractivity contribution in [1.82, 2.24) is 10.2 Å². The Kier molecular flexibility index (Phi) is 6.11. The second kappa shape index (κ2) is 7.61. The molecule has 1 heterocycles. The Morgan fingerprint density at radius 1 is 1.26 bits per heavy atom. The van der Waals surface area contributed by atoms with Crippen LogP contribution in [0.15, 0.2) is 0 Å². The Bertz CT molecular complexity index is 257. The van der Waals surface area contributed by atoms with E-state index in [4.69, 9.17) is 4.74 Å². The molecule has 2 fully saturated rings. The average Bonchev–Trinajstić information content (AvgIpc) is 2.38. The van der Waals surface area contributed by atoms with Gasteiger partial charge in [-0.25, -0.2) is 0 Å². The molecule has 1 aliphatic carbocycles. The lowest BCUT2D eigenvalue weighted by Crippen LogP contribution is -2.49. The van der Waals surface area contributed by atoms with Crippen LogP contribution in [0.2, 0.25) is 0 Å². The van der Waals surface area contributed by atoms with Gasteiger partial charge in [0.25, 0.3) is 0 Å². The van der Waals surface area contributed by atoms with E-state index in [9.17, 15) is 0 Å². The second-order valence-electron chi connectivity index (χ2n) is 6.68. The second-order valence-corrected chi connectivity index (χ2v) is 6.68. The van der Waals surface area contributed by atoms with E-state index in [0.29, 0.717) is 6.10 Å². The molecule has 0 radical (unpaired) electrons. The molecule has 19 heavy (non-hydrogen) atoms. The first kappa shape index (κ1) is 15.3. The van der Waals surface area contributed by atoms with Crippen molar-refractivity contribution in [2.45, 2.75) is 58.6 Å². The van der Waals surface area contributed by atoms with E-state index in [0.717, 1.165) is 37.6 Å². The summed E-state index contributed by atoms with van der Waals surface area (Å²) in [4.78, 5) is 2.62. The molecule has 3 nitrogen and oxygen atoms in total. The van der Waals surface area contributed by atoms with Crippen molar-refractivity contribution < 1.29 is 4.74 Å². The van der Waals surface area contributed by atoms with Gasteiger partial charge in [0.05, 0.1) is 12.7 Å². The average molecular weight is 268 g/mol. The standard InChI is InChI=1S/C16H32N2O/c1-4-7-17-16-6-5-13(2)10-15(16)12-18-8-9-19-14(3)11-18/h13-17H,4-12H2,1-3H3. The minimum absolute atomic E-state index is 0.414. The predicted molar refractivity (Wildman–Crippen MR) is 80.4 cm³/mol. The number of rotatable bonds is 5. The lowest BCUT2D eigenvalue weighted by Gasteiger charge is -2.40. The molecule has 0 bridgehead atoms. The maximum Gasteiger partial charge on any atom is 0.0674 e. The molecular formula is C16H32N2O. The van der Waals surface area contributed by atoms with Gasteiger partial charge < -0.3 is 10.1 Å². The summed E-state index contributed by atoms with van der Waals surface area (Å²) in [5.41, 5.74) is 0. The van der Waals surface area contributed by atoms with Crippen LogP contribution in [0.1, 0.15) is 46.5 Å². The van der Waals surface area contributed by atoms with Crippen LogP contribution in [-0.4, -0.2) is 49.8 Å². The van der Waals surface area contributed by atoms with Gasteiger partial charge >= 0.3 is 0 Å². The molecule has 0 spiro atoms. The number of nitrogens with one attached hydrogen (secondary N) is 1. The molecule has 4 unspecified atom stereocenters. The van der Waals surface area contributed by atoms with Crippen LogP contribution in [0.25, 0.3) is 0 Å². The number of hydrogen-bond acceptors (Lipinski definition) is 3. The molecule has 0 aromatic heterocycles. The first-order chi connectivity index (χ1) is 9.19. The SMILES string of the molecule is CCCNC1CCC(C)CC1CN1CCOC(C)C1. The Balaban J connectivity index is 1.85. The molecule has 1 aliphatic heterocycles. The molecule has 2 rings (SSSR count). The van der Waals surface area contributed by atoms with Crippen LogP contribution in [0.4, 0.5) is 0 Å². The van der Waals surface area contributed by atoms with Crippen LogP contribution in [0.3, 0.4) is 0 Å². The Hall–Kier alpha value is -0.120. The van der Waals surface area contributed by atoms with Gasteiger partial charge in [0.1, 0.15) is 0 Å². The highest BCUT2D eigenvalue weighted by Crippen LogP contribution is 2.30. The van der Waals surface area contributed by atoms with Gasteiger partial charge in [-0.15, -0.1) is 0 Å². The first-order valence-corrected chi connectivity index (χ1v) is 8.26. The summed E-state index contributed by atoms with van der Waals surface area (Å²) in [6.45, 7) is 12.5. The number of ether oxygens (including phenoxy) is 1. The zero-order valence-electron chi connectivity index (χ0n) is 13.0. The maximum atomic E-state index is 5.65. The summed E-state index contributed by atoms with van der Waals surface area (Å²) in [5.74, 6) is 1.74. The molecule has 0 aromatic carbocycles. The van der Waals surface area contributed by atoms with Gasteiger partial charge in [-0.05, 0) is 51.0 Å². The van der Waals surface area contributed by atoms with Crippen molar-refractivity contribution in [2.24, 2.45) is 11.8 Å². The van der Waals surface area contributed by atoms with Gasteiger partial charge in [-0.3, -0.25) is 4.90 Å². The van der Waals surface area contributed by atoms with E-state index in [1.807, 2.05) is 0 Å². The zero-order chi connectivity index (χ0) is 13.7. The van der Waals surface area contributed by atoms with E-state index in [1.165, 1.54) is 38.8 Å². The van der Waals surface area contributed by atoms with Gasteiger partial charge in [-0.2, -0.15) is 0 Å². The van der Waals surface area contributed by atoms with Gasteiger partial charge in [0, 0.05) is 25.7 Å². The summed E-state index contributed by atoms with van der Waals surface area (Å²) >= 11 is 0. The van der Waals surface area contributed by atoms with Crippen molar-refractivity contribution in [3.8, 4) is 0 Å². The van der Waals surface area contributed by atoms with E-state index in [1.54, 1.807) is 0 Å². The highest BCUT2D eigenvalue weighted by Gasteiger charge is 2.30. The molecule has 0 aromatic rings. The molecule has 1 N–H and O–H groups in total. The van der Waals surface area contributed by atoms with E-state index >= 15 is 0 Å². The maximum absolute atomic E-state index is 5.65. The third kappa shape index (κ3) is 4.73. The van der Waals surface area contributed by atoms with Crippen molar-refractivity contribution in [1.29, 1.82) is 0 Å². The fourth-order valence-electron chi connectivity index (χ4n) is 3.69. The summed E-state index contributed by atoms with van der Waals surface area (Å²) in [7, 11) is 0. The molecule has 1 saturated heterocycles. The minimum atomic E-state index is 0.414. The number of morpholine rings is 1. The van der Waals surface area contributed by atoms with Crippen LogP contribution < -0.4 is 5.32 Å². The van der Waals surface area contributed by atoms with Gasteiger partial charge in [0.15, 0.2) is 0 Å². The number of nitrogens with zero attached hydrogens (tertiary/aromatic N) is 1. The Morgan fingerprint density at radius 2 is 2.11 bits per heavy atom. The summed E-state index contributed by atoms with van der Waals surface area (Å²) in [6, 6.07) is 0.745. The fraction of sp³-hybridized carbons (Fsp3) is 1.00. The highest BCUT2D eigenvalue weighted by atomic mass is 16.5. The quantitative estimate of drug-likeness (QED) is 0.829. The van der Waals surface area contributed by atoms with E-state index in [2.05, 4.69) is 31.0 Å². The minimum Gasteiger partial charge on any atom is -0.376 e. The van der Waals surface area contributed by atoms with E-state index in [-0.39, 0.29) is 0 Å². The monoisotopic (exact) mass is 268 g/mol. The topological polar surface area (TPSA) is 24.5 Å². The van der Waals surface area contributed by atoms with Gasteiger partial charge in [0.2, 0.25) is 0 Å². The fourth-order valence-corrected chi connectivity index (χ4v) is 3.69. The smallest absolute Gasteiger partial charge is 0.0674 e. The van der Waals surface area contributed by atoms with Crippen molar-refractivity contribution in [2.75, 3.05) is 32.8 Å². The van der Waals surface area contributed by atoms with Crippen LogP contribution >= 0.6 is 0 Å². The van der Waals surface area contributed by atoms with Crippen molar-refractivity contribution in [3.63, 3.8) is 0 Å². The highest BCUT2D eigenvalue weighted by molar-refractivity contribution is 4.86. The molecular weight excluding hydrogens is 236 g/mol. The number of hydrogen-bond donors (Lipinski definition) is 1. The summed E-state index contributed by atoms with van der Waals surface area (Å²) in [6.07, 6.45) is 5.82. The normalized spacial score (nSPS) is 37.4. The summed E-state index contributed by atoms with van der Waals surface area (Å²) < 4.78 is 5.65. The van der Waals surface area contributed by atoms with Gasteiger partial charge in [-0.1, -0.05) is 13.8 Å². The third-order valence-corrected chi connectivity index (χ3v) is 4.72. The first-order valence-electron chi connectivity index (χ1n) is 8.26. The van der Waals surface area contributed by atoms with Crippen molar-refractivity contribution >= 4 is 0 Å². The van der Waals surface area contributed by atoms with E-state index < -0.39 is 0 Å². The van der Waals surface area contributed by atoms with Crippen LogP contribution in [0.5, 0.6) is 0 Å². The Morgan fingerprint density at radius 3 is 2.84 bits per heavy atom. The zero-order valence-corrected chi connectivity index (χ0v) is 13.0. The predicted octanol–water partition coefficient (Wildman–Crippen LogP) is 2.51. The third-order valence-electron chi connectivity index (χ3n) is 4.72. The Labute approximate surface area is 119 Å². The lowest BCUT2D eigenvalue weighted by atomic mass is 9.78. The molecule has 0 amide bonds. The molecule has 4 atom stereocenters. The molecule has 1 saturated carbocycles. The summed E-state index contributed by atoms with van der Waals surface area (Å²) in [5, 5.41) is 3.78. The molecule has 112 valence electrons. The van der Waals surface area contributed by atoms with Crippen LogP contribution in [-0.2, 0) is 4.74 Å². The van der Waals surface area contributed by atoms with Crippen molar-refractivity contribution in [3.05, 3.63) is 0 Å². The lowest BCUT2D eigenvalue weighted by molar-refractivity contribution is -0.0277. The van der Waals surface area contributed by atoms with Crippen LogP contribution in [0, 0.1) is 11.8 Å².